The Labute approximate surface area is 174 Å². The number of hydrogen-bond donors (Lipinski definition) is 2. The molecule has 7 nitrogen and oxygen atoms in total. The maximum atomic E-state index is 8.42. The van der Waals surface area contributed by atoms with Crippen LogP contribution in [0, 0.1) is 0 Å². The molecule has 3 heterocycles. The SMILES string of the molecule is [2H]C1([2H])CC[C@@H](n2nc(-c3ccc(Oc4ccccc4)cc3)c3c(N)ncnc32)C([2H])([2H])N1. The summed E-state index contributed by atoms with van der Waals surface area (Å²) in [5.74, 6) is 1.63. The number of hydrogen-bond acceptors (Lipinski definition) is 6. The van der Waals surface area contributed by atoms with Gasteiger partial charge in [0.1, 0.15) is 29.3 Å². The van der Waals surface area contributed by atoms with E-state index in [4.69, 9.17) is 21.1 Å². The summed E-state index contributed by atoms with van der Waals surface area (Å²) in [6, 6.07) is 16.0. The van der Waals surface area contributed by atoms with E-state index in [1.807, 2.05) is 54.6 Å². The van der Waals surface area contributed by atoms with Gasteiger partial charge in [0.15, 0.2) is 5.65 Å². The minimum atomic E-state index is -2.04. The summed E-state index contributed by atoms with van der Waals surface area (Å²) in [4.78, 5) is 8.44. The normalized spacial score (nSPS) is 22.3. The van der Waals surface area contributed by atoms with Gasteiger partial charge >= 0.3 is 0 Å². The van der Waals surface area contributed by atoms with E-state index in [2.05, 4.69) is 15.3 Å². The zero-order valence-corrected chi connectivity index (χ0v) is 15.5. The largest absolute Gasteiger partial charge is 0.457 e. The van der Waals surface area contributed by atoms with Crippen molar-refractivity contribution in [2.75, 3.05) is 18.7 Å². The molecule has 0 unspecified atom stereocenters. The van der Waals surface area contributed by atoms with Crippen LogP contribution in [0.3, 0.4) is 0 Å². The highest BCUT2D eigenvalue weighted by Crippen LogP contribution is 2.34. The second-order valence-electron chi connectivity index (χ2n) is 6.69. The highest BCUT2D eigenvalue weighted by atomic mass is 16.5. The second kappa shape index (κ2) is 7.52. The van der Waals surface area contributed by atoms with E-state index in [0.717, 1.165) is 11.3 Å². The molecule has 29 heavy (non-hydrogen) atoms. The number of ether oxygens (including phenoxy) is 1. The highest BCUT2D eigenvalue weighted by molar-refractivity contribution is 5.98. The van der Waals surface area contributed by atoms with Crippen LogP contribution in [-0.4, -0.2) is 32.7 Å². The summed E-state index contributed by atoms with van der Waals surface area (Å²) in [7, 11) is 0. The first-order valence-corrected chi connectivity index (χ1v) is 9.35. The van der Waals surface area contributed by atoms with Gasteiger partial charge in [-0.25, -0.2) is 14.6 Å². The fraction of sp³-hybridized carbons (Fsp3) is 0.227. The Morgan fingerprint density at radius 2 is 1.86 bits per heavy atom. The number of nitrogen functional groups attached to an aromatic ring is 1. The minimum Gasteiger partial charge on any atom is -0.457 e. The Morgan fingerprint density at radius 3 is 2.66 bits per heavy atom. The zero-order valence-electron chi connectivity index (χ0n) is 19.5. The lowest BCUT2D eigenvalue weighted by Gasteiger charge is -2.23. The first kappa shape index (κ1) is 13.7. The summed E-state index contributed by atoms with van der Waals surface area (Å²) in [5.41, 5.74) is 7.86. The Hall–Kier alpha value is -3.45. The maximum absolute atomic E-state index is 8.42. The number of aromatic nitrogens is 4. The van der Waals surface area contributed by atoms with Crippen LogP contribution in [0.1, 0.15) is 24.4 Å². The Kier molecular flexibility index (Phi) is 3.55. The van der Waals surface area contributed by atoms with Crippen LogP contribution >= 0.6 is 0 Å². The molecule has 1 aliphatic rings. The molecule has 0 amide bonds. The quantitative estimate of drug-likeness (QED) is 0.551. The number of benzene rings is 2. The van der Waals surface area contributed by atoms with Gasteiger partial charge in [0.25, 0.3) is 0 Å². The lowest BCUT2D eigenvalue weighted by Crippen LogP contribution is -2.32. The van der Waals surface area contributed by atoms with Gasteiger partial charge in [-0.15, -0.1) is 0 Å². The van der Waals surface area contributed by atoms with Crippen molar-refractivity contribution in [2.45, 2.75) is 18.9 Å². The van der Waals surface area contributed by atoms with Crippen LogP contribution in [0.15, 0.2) is 60.9 Å². The van der Waals surface area contributed by atoms with Crippen LogP contribution in [0.2, 0.25) is 0 Å². The predicted molar refractivity (Wildman–Crippen MR) is 113 cm³/mol. The van der Waals surface area contributed by atoms with E-state index in [0.29, 0.717) is 22.5 Å². The van der Waals surface area contributed by atoms with Gasteiger partial charge in [0.2, 0.25) is 0 Å². The lowest BCUT2D eigenvalue weighted by atomic mass is 10.1. The van der Waals surface area contributed by atoms with Crippen LogP contribution in [0.4, 0.5) is 5.82 Å². The molecule has 3 N–H and O–H groups in total. The van der Waals surface area contributed by atoms with Crippen molar-refractivity contribution in [3.63, 3.8) is 0 Å². The number of anilines is 1. The van der Waals surface area contributed by atoms with Crippen molar-refractivity contribution in [1.82, 2.24) is 25.1 Å². The number of fused-ring (bicyclic) bond motifs is 1. The maximum Gasteiger partial charge on any atom is 0.164 e. The third kappa shape index (κ3) is 3.40. The Balaban J connectivity index is 1.55. The third-order valence-corrected chi connectivity index (χ3v) is 4.79. The third-order valence-electron chi connectivity index (χ3n) is 4.79. The monoisotopic (exact) mass is 390 g/mol. The molecule has 1 fully saturated rings. The molecule has 146 valence electrons. The predicted octanol–water partition coefficient (Wildman–Crippen LogP) is 3.79. The molecule has 0 saturated carbocycles. The summed E-state index contributed by atoms with van der Waals surface area (Å²) in [5, 5.41) is 7.67. The van der Waals surface area contributed by atoms with E-state index in [9.17, 15) is 0 Å². The van der Waals surface area contributed by atoms with E-state index in [1.165, 1.54) is 11.0 Å². The molecular formula is C22H22N6O. The number of rotatable bonds is 4. The highest BCUT2D eigenvalue weighted by Gasteiger charge is 2.23. The summed E-state index contributed by atoms with van der Waals surface area (Å²) in [6.07, 6.45) is 1.71. The Morgan fingerprint density at radius 1 is 1.07 bits per heavy atom. The van der Waals surface area contributed by atoms with Crippen molar-refractivity contribution >= 4 is 16.9 Å². The molecule has 0 aliphatic carbocycles. The van der Waals surface area contributed by atoms with Crippen LogP contribution in [-0.2, 0) is 0 Å². The summed E-state index contributed by atoms with van der Waals surface area (Å²) < 4.78 is 40.0. The Bertz CT molecular complexity index is 1290. The smallest absolute Gasteiger partial charge is 0.164 e. The van der Waals surface area contributed by atoms with E-state index in [1.54, 1.807) is 0 Å². The number of nitrogens with two attached hydrogens (primary N) is 1. The van der Waals surface area contributed by atoms with E-state index < -0.39 is 19.0 Å². The van der Waals surface area contributed by atoms with Crippen LogP contribution in [0.25, 0.3) is 22.3 Å². The van der Waals surface area contributed by atoms with Gasteiger partial charge in [0, 0.05) is 17.5 Å². The number of nitrogens with one attached hydrogen (secondary N) is 1. The standard InChI is InChI=1S/C22H22N6O/c23-21-19-20(15-8-10-18(11-9-15)29-17-6-2-1-3-7-17)27-28(22(19)26-14-25-21)16-5-4-12-24-13-16/h1-3,6-11,14,16,24H,4-5,12-13H2,(H2,23,25,26)/t16-/m1/s1/i12D2,13D2. The van der Waals surface area contributed by atoms with Gasteiger partial charge in [-0.05, 0) is 55.7 Å². The van der Waals surface area contributed by atoms with E-state index in [-0.39, 0.29) is 18.7 Å². The average Bonchev–Trinajstić information content (AvgIpc) is 3.14. The van der Waals surface area contributed by atoms with Gasteiger partial charge in [0.05, 0.1) is 11.4 Å². The number of piperidine rings is 1. The molecule has 7 heteroatoms. The minimum absolute atomic E-state index is 0.139. The molecule has 0 radical (unpaired) electrons. The van der Waals surface area contributed by atoms with Crippen molar-refractivity contribution < 1.29 is 10.2 Å². The second-order valence-corrected chi connectivity index (χ2v) is 6.69. The van der Waals surface area contributed by atoms with E-state index >= 15 is 0 Å². The topological polar surface area (TPSA) is 90.9 Å². The number of nitrogens with zero attached hydrogens (tertiary/aromatic N) is 4. The first-order chi connectivity index (χ1) is 15.7. The molecule has 1 aliphatic heterocycles. The summed E-state index contributed by atoms with van der Waals surface area (Å²) in [6.45, 7) is -3.83. The van der Waals surface area contributed by atoms with Gasteiger partial charge in [-0.1, -0.05) is 18.2 Å². The molecule has 4 aromatic rings. The van der Waals surface area contributed by atoms with Crippen molar-refractivity contribution in [2.24, 2.45) is 0 Å². The molecule has 2 aromatic heterocycles. The first-order valence-electron chi connectivity index (χ1n) is 11.3. The van der Waals surface area contributed by atoms with Crippen molar-refractivity contribution in [3.05, 3.63) is 60.9 Å². The fourth-order valence-corrected chi connectivity index (χ4v) is 3.38. The average molecular weight is 390 g/mol. The van der Waals surface area contributed by atoms with Crippen LogP contribution < -0.4 is 15.8 Å². The molecule has 0 spiro atoms. The van der Waals surface area contributed by atoms with Gasteiger partial charge < -0.3 is 15.8 Å². The molecular weight excluding hydrogens is 364 g/mol. The zero-order chi connectivity index (χ0) is 23.2. The number of para-hydroxylation sites is 1. The van der Waals surface area contributed by atoms with Crippen molar-refractivity contribution in [3.8, 4) is 22.8 Å². The molecule has 2 aromatic carbocycles. The molecule has 1 saturated heterocycles. The lowest BCUT2D eigenvalue weighted by molar-refractivity contribution is 0.354. The van der Waals surface area contributed by atoms with Gasteiger partial charge in [-0.2, -0.15) is 5.10 Å². The fourth-order valence-electron chi connectivity index (χ4n) is 3.38. The van der Waals surface area contributed by atoms with Crippen LogP contribution in [0.5, 0.6) is 11.5 Å². The molecule has 0 bridgehead atoms. The van der Waals surface area contributed by atoms with Gasteiger partial charge in [-0.3, -0.25) is 0 Å². The molecule has 5 rings (SSSR count). The van der Waals surface area contributed by atoms with Crippen molar-refractivity contribution in [1.29, 1.82) is 0 Å². The summed E-state index contributed by atoms with van der Waals surface area (Å²) >= 11 is 0. The molecule has 1 atom stereocenters.